The molecule has 0 aromatic heterocycles. The van der Waals surface area contributed by atoms with E-state index >= 15 is 0 Å². The van der Waals surface area contributed by atoms with E-state index in [1.54, 1.807) is 0 Å². The first-order chi connectivity index (χ1) is 11.5. The maximum atomic E-state index is 6.98. The van der Waals surface area contributed by atoms with Crippen molar-refractivity contribution in [3.8, 4) is 0 Å². The largest absolute Gasteiger partial charge is 0.401 e. The molecule has 1 nitrogen and oxygen atoms in total. The molecule has 0 amide bonds. The van der Waals surface area contributed by atoms with Crippen LogP contribution in [-0.4, -0.2) is 25.5 Å². The molecular formula is C21H33BOP+. The second-order valence-electron chi connectivity index (χ2n) is 8.53. The second kappa shape index (κ2) is 7.92. The summed E-state index contributed by atoms with van der Waals surface area (Å²) in [4.78, 5) is 0. The van der Waals surface area contributed by atoms with Crippen LogP contribution in [0.5, 0.6) is 0 Å². The summed E-state index contributed by atoms with van der Waals surface area (Å²) in [5.74, 6) is 2.18. The van der Waals surface area contributed by atoms with Gasteiger partial charge in [0.2, 0.25) is 0 Å². The van der Waals surface area contributed by atoms with Gasteiger partial charge in [-0.1, -0.05) is 57.5 Å². The molecule has 130 valence electrons. The van der Waals surface area contributed by atoms with Crippen LogP contribution >= 0.6 is 7.37 Å². The number of hydrogen-bond acceptors (Lipinski definition) is 1. The molecule has 2 fully saturated rings. The Bertz CT molecular complexity index is 520. The summed E-state index contributed by atoms with van der Waals surface area (Å²) in [5, 5.41) is 0. The van der Waals surface area contributed by atoms with Crippen LogP contribution in [-0.2, 0) is 10.9 Å². The zero-order valence-electron chi connectivity index (χ0n) is 15.7. The van der Waals surface area contributed by atoms with Gasteiger partial charge < -0.3 is 0 Å². The van der Waals surface area contributed by atoms with Crippen LogP contribution in [0, 0.1) is 17.8 Å². The Balaban J connectivity index is 1.71. The van der Waals surface area contributed by atoms with Gasteiger partial charge in [-0.15, -0.1) is 0 Å². The molecule has 1 aliphatic heterocycles. The Morgan fingerprint density at radius 1 is 1.17 bits per heavy atom. The van der Waals surface area contributed by atoms with Crippen LogP contribution in [0.15, 0.2) is 30.3 Å². The fraction of sp³-hybridized carbons (Fsp3) is 0.714. The zero-order chi connectivity index (χ0) is 17.2. The zero-order valence-corrected chi connectivity index (χ0v) is 16.6. The summed E-state index contributed by atoms with van der Waals surface area (Å²) >= 11 is 0. The van der Waals surface area contributed by atoms with Gasteiger partial charge in [-0.25, -0.2) is 0 Å². The molecule has 1 aliphatic carbocycles. The SMILES string of the molecule is [B][P+]1(OC2CC(C)CCC2C(C)C)CCC[C@@H]1Cc1ccccc1. The van der Waals surface area contributed by atoms with Crippen LogP contribution in [0.4, 0.5) is 0 Å². The van der Waals surface area contributed by atoms with Crippen LogP contribution < -0.4 is 0 Å². The van der Waals surface area contributed by atoms with Crippen LogP contribution in [0.25, 0.3) is 0 Å². The molecule has 0 bridgehead atoms. The lowest BCUT2D eigenvalue weighted by Gasteiger charge is -2.39. The molecule has 1 saturated heterocycles. The third-order valence-electron chi connectivity index (χ3n) is 6.27. The minimum atomic E-state index is -1.77. The standard InChI is InChI=1S/C21H33BOP/c1-16(2)20-12-11-17(3)14-21(20)23-24(22)13-7-10-19(24)15-18-8-5-4-6-9-18/h4-6,8-9,16-17,19-21H,7,10-15H2,1-3H3/q+1/t17?,19-,20?,21?,24?/m1/s1. The molecule has 5 atom stereocenters. The van der Waals surface area contributed by atoms with Gasteiger partial charge in [0.25, 0.3) is 0 Å². The summed E-state index contributed by atoms with van der Waals surface area (Å²) in [6, 6.07) is 10.8. The van der Waals surface area contributed by atoms with E-state index in [1.807, 2.05) is 0 Å². The summed E-state index contributed by atoms with van der Waals surface area (Å²) in [5.41, 5.74) is 1.98. The van der Waals surface area contributed by atoms with Crippen LogP contribution in [0.2, 0.25) is 0 Å². The van der Waals surface area contributed by atoms with Crippen molar-refractivity contribution in [3.63, 3.8) is 0 Å². The summed E-state index contributed by atoms with van der Waals surface area (Å²) < 4.78 is 6.86. The normalized spacial score (nSPS) is 37.0. The van der Waals surface area contributed by atoms with E-state index in [1.165, 1.54) is 37.7 Å². The van der Waals surface area contributed by atoms with E-state index in [9.17, 15) is 0 Å². The van der Waals surface area contributed by atoms with Crippen molar-refractivity contribution >= 4 is 14.9 Å². The van der Waals surface area contributed by atoms with Gasteiger partial charge in [0.1, 0.15) is 6.10 Å². The maximum Gasteiger partial charge on any atom is 0.401 e. The smallest absolute Gasteiger partial charge is 0.253 e. The molecule has 1 aromatic rings. The number of hydrogen-bond donors (Lipinski definition) is 0. The fourth-order valence-electron chi connectivity index (χ4n) is 4.74. The maximum absolute atomic E-state index is 6.98. The molecule has 2 radical (unpaired) electrons. The van der Waals surface area contributed by atoms with Gasteiger partial charge in [-0.3, -0.25) is 4.52 Å². The van der Waals surface area contributed by atoms with E-state index in [0.717, 1.165) is 18.5 Å². The van der Waals surface area contributed by atoms with Gasteiger partial charge >= 0.3 is 7.57 Å². The molecular weight excluding hydrogens is 310 g/mol. The number of benzene rings is 1. The third-order valence-corrected chi connectivity index (χ3v) is 9.63. The molecule has 1 heterocycles. The highest BCUT2D eigenvalue weighted by atomic mass is 31.2. The topological polar surface area (TPSA) is 9.23 Å². The minimum absolute atomic E-state index is 0.392. The first-order valence-corrected chi connectivity index (χ1v) is 11.9. The lowest BCUT2D eigenvalue weighted by Crippen LogP contribution is -2.35. The van der Waals surface area contributed by atoms with Crippen molar-refractivity contribution in [2.75, 3.05) is 6.16 Å². The summed E-state index contributed by atoms with van der Waals surface area (Å²) in [6.07, 6.45) is 8.98. The highest BCUT2D eigenvalue weighted by Gasteiger charge is 2.50. The quantitative estimate of drug-likeness (QED) is 0.479. The van der Waals surface area contributed by atoms with Crippen molar-refractivity contribution in [3.05, 3.63) is 35.9 Å². The Morgan fingerprint density at radius 3 is 2.62 bits per heavy atom. The van der Waals surface area contributed by atoms with Crippen LogP contribution in [0.3, 0.4) is 0 Å². The third kappa shape index (κ3) is 4.25. The van der Waals surface area contributed by atoms with Gasteiger partial charge in [0.15, 0.2) is 0 Å². The minimum Gasteiger partial charge on any atom is -0.253 e. The average molecular weight is 343 g/mol. The predicted molar refractivity (Wildman–Crippen MR) is 107 cm³/mol. The molecule has 24 heavy (non-hydrogen) atoms. The molecule has 4 unspecified atom stereocenters. The van der Waals surface area contributed by atoms with Crippen molar-refractivity contribution in [1.82, 2.24) is 0 Å². The first kappa shape index (κ1) is 18.5. The Morgan fingerprint density at radius 2 is 1.92 bits per heavy atom. The van der Waals surface area contributed by atoms with Crippen molar-refractivity contribution < 1.29 is 4.52 Å². The van der Waals surface area contributed by atoms with Crippen molar-refractivity contribution in [2.45, 2.75) is 71.1 Å². The molecule has 3 rings (SSSR count). The molecule has 2 aliphatic rings. The molecule has 1 saturated carbocycles. The van der Waals surface area contributed by atoms with Gasteiger partial charge in [-0.05, 0) is 49.0 Å². The van der Waals surface area contributed by atoms with E-state index in [2.05, 4.69) is 51.1 Å². The molecule has 1 aromatic carbocycles. The van der Waals surface area contributed by atoms with Gasteiger partial charge in [0.05, 0.1) is 19.2 Å². The molecule has 0 spiro atoms. The Kier molecular flexibility index (Phi) is 6.09. The Hall–Kier alpha value is -0.325. The van der Waals surface area contributed by atoms with Crippen molar-refractivity contribution in [1.29, 1.82) is 0 Å². The lowest BCUT2D eigenvalue weighted by molar-refractivity contribution is 0.0534. The second-order valence-corrected chi connectivity index (χ2v) is 11.6. The predicted octanol–water partition coefficient (Wildman–Crippen LogP) is 5.89. The Labute approximate surface area is 150 Å². The van der Waals surface area contributed by atoms with E-state index in [4.69, 9.17) is 12.1 Å². The van der Waals surface area contributed by atoms with E-state index < -0.39 is 7.37 Å². The molecule has 3 heteroatoms. The highest BCUT2D eigenvalue weighted by molar-refractivity contribution is 7.94. The summed E-state index contributed by atoms with van der Waals surface area (Å²) in [7, 11) is 5.21. The average Bonchev–Trinajstić information content (AvgIpc) is 2.88. The van der Waals surface area contributed by atoms with E-state index in [-0.39, 0.29) is 0 Å². The van der Waals surface area contributed by atoms with Gasteiger partial charge in [-0.2, -0.15) is 0 Å². The van der Waals surface area contributed by atoms with E-state index in [0.29, 0.717) is 23.6 Å². The molecule has 0 N–H and O–H groups in total. The first-order valence-electron chi connectivity index (χ1n) is 9.86. The van der Waals surface area contributed by atoms with Gasteiger partial charge in [0, 0.05) is 6.42 Å². The van der Waals surface area contributed by atoms with Crippen molar-refractivity contribution in [2.24, 2.45) is 17.8 Å². The fourth-order valence-corrected chi connectivity index (χ4v) is 7.95. The van der Waals surface area contributed by atoms with Crippen LogP contribution in [0.1, 0.15) is 58.4 Å². The lowest BCUT2D eigenvalue weighted by atomic mass is 9.75. The summed E-state index contributed by atoms with van der Waals surface area (Å²) in [6.45, 7) is 7.09. The highest BCUT2D eigenvalue weighted by Crippen LogP contribution is 2.68. The number of rotatable bonds is 5. The monoisotopic (exact) mass is 343 g/mol.